The first-order chi connectivity index (χ1) is 8.88. The van der Waals surface area contributed by atoms with Crippen molar-refractivity contribution >= 4 is 21.6 Å². The third kappa shape index (κ3) is 3.26. The Morgan fingerprint density at radius 2 is 1.89 bits per heavy atom. The molecule has 1 aromatic carbocycles. The van der Waals surface area contributed by atoms with Crippen LogP contribution >= 0.6 is 15.9 Å². The number of nitrogens with two attached hydrogens (primary N) is 1. The average molecular weight is 321 g/mol. The van der Waals surface area contributed by atoms with Crippen LogP contribution in [0.4, 0.5) is 5.69 Å². The summed E-state index contributed by atoms with van der Waals surface area (Å²) >= 11 is 3.33. The van der Waals surface area contributed by atoms with Gasteiger partial charge in [0.1, 0.15) is 5.75 Å². The van der Waals surface area contributed by atoms with Gasteiger partial charge in [0.25, 0.3) is 0 Å². The van der Waals surface area contributed by atoms with Crippen LogP contribution < -0.4 is 10.5 Å². The van der Waals surface area contributed by atoms with Gasteiger partial charge in [-0.25, -0.2) is 4.98 Å². The van der Waals surface area contributed by atoms with E-state index in [4.69, 9.17) is 10.5 Å². The van der Waals surface area contributed by atoms with Crippen molar-refractivity contribution in [1.29, 1.82) is 0 Å². The van der Waals surface area contributed by atoms with Crippen molar-refractivity contribution in [3.05, 3.63) is 46.6 Å². The summed E-state index contributed by atoms with van der Waals surface area (Å²) in [6, 6.07) is 9.72. The fourth-order valence-electron chi connectivity index (χ4n) is 1.81. The zero-order valence-corrected chi connectivity index (χ0v) is 12.9. The Bertz CT molecular complexity index is 591. The average Bonchev–Trinajstić information content (AvgIpc) is 2.32. The molecule has 0 spiro atoms. The number of anilines is 1. The zero-order valence-electron chi connectivity index (χ0n) is 11.3. The molecule has 2 rings (SSSR count). The highest BCUT2D eigenvalue weighted by Gasteiger charge is 2.19. The predicted molar refractivity (Wildman–Crippen MR) is 81.6 cm³/mol. The Hall–Kier alpha value is -1.55. The fourth-order valence-corrected chi connectivity index (χ4v) is 2.16. The normalized spacial score (nSPS) is 11.4. The van der Waals surface area contributed by atoms with E-state index in [9.17, 15) is 0 Å². The topological polar surface area (TPSA) is 48.1 Å². The summed E-state index contributed by atoms with van der Waals surface area (Å²) in [4.78, 5) is 4.20. The standard InChI is InChI=1S/C15H17BrN2O/c1-15(2,3)11-6-4-5-7-13(11)19-14-12(17)8-10(16)9-18-14/h4-9H,17H2,1-3H3. The highest BCUT2D eigenvalue weighted by atomic mass is 79.9. The van der Waals surface area contributed by atoms with Crippen LogP contribution in [-0.2, 0) is 5.41 Å². The maximum absolute atomic E-state index is 5.91. The first-order valence-corrected chi connectivity index (χ1v) is 6.85. The molecule has 1 aromatic heterocycles. The summed E-state index contributed by atoms with van der Waals surface area (Å²) < 4.78 is 6.70. The number of halogens is 1. The molecule has 0 aliphatic carbocycles. The second-order valence-electron chi connectivity index (χ2n) is 5.40. The molecule has 2 aromatic rings. The minimum atomic E-state index is 0.000713. The molecule has 1 heterocycles. The van der Waals surface area contributed by atoms with Gasteiger partial charge in [0.2, 0.25) is 5.88 Å². The van der Waals surface area contributed by atoms with E-state index in [1.807, 2.05) is 18.2 Å². The lowest BCUT2D eigenvalue weighted by atomic mass is 9.86. The summed E-state index contributed by atoms with van der Waals surface area (Å²) in [5.74, 6) is 1.22. The lowest BCUT2D eigenvalue weighted by Crippen LogP contribution is -2.12. The van der Waals surface area contributed by atoms with Gasteiger partial charge in [0, 0.05) is 16.2 Å². The van der Waals surface area contributed by atoms with Crippen LogP contribution in [0.3, 0.4) is 0 Å². The number of pyridine rings is 1. The van der Waals surface area contributed by atoms with Gasteiger partial charge in [-0.15, -0.1) is 0 Å². The molecule has 0 radical (unpaired) electrons. The number of hydrogen-bond donors (Lipinski definition) is 1. The molecule has 0 bridgehead atoms. The summed E-state index contributed by atoms with van der Waals surface area (Å²) in [5.41, 5.74) is 7.55. The van der Waals surface area contributed by atoms with E-state index in [0.717, 1.165) is 15.8 Å². The quantitative estimate of drug-likeness (QED) is 0.885. The molecule has 0 atom stereocenters. The van der Waals surface area contributed by atoms with Gasteiger partial charge in [-0.1, -0.05) is 39.0 Å². The van der Waals surface area contributed by atoms with Crippen molar-refractivity contribution < 1.29 is 4.74 Å². The van der Waals surface area contributed by atoms with Gasteiger partial charge in [0.15, 0.2) is 0 Å². The van der Waals surface area contributed by atoms with Crippen molar-refractivity contribution in [2.45, 2.75) is 26.2 Å². The Kier molecular flexibility index (Phi) is 3.80. The van der Waals surface area contributed by atoms with Crippen molar-refractivity contribution in [3.63, 3.8) is 0 Å². The van der Waals surface area contributed by atoms with E-state index in [1.165, 1.54) is 0 Å². The molecule has 3 nitrogen and oxygen atoms in total. The van der Waals surface area contributed by atoms with E-state index in [0.29, 0.717) is 11.6 Å². The van der Waals surface area contributed by atoms with Crippen LogP contribution in [0.25, 0.3) is 0 Å². The van der Waals surface area contributed by atoms with Gasteiger partial charge >= 0.3 is 0 Å². The molecule has 0 saturated carbocycles. The van der Waals surface area contributed by atoms with Crippen molar-refractivity contribution in [2.75, 3.05) is 5.73 Å². The van der Waals surface area contributed by atoms with E-state index in [1.54, 1.807) is 12.3 Å². The van der Waals surface area contributed by atoms with Crippen LogP contribution in [-0.4, -0.2) is 4.98 Å². The summed E-state index contributed by atoms with van der Waals surface area (Å²) in [5, 5.41) is 0. The molecule has 0 fully saturated rings. The van der Waals surface area contributed by atoms with Crippen LogP contribution in [0.15, 0.2) is 41.0 Å². The van der Waals surface area contributed by atoms with Crippen LogP contribution in [0.5, 0.6) is 11.6 Å². The Morgan fingerprint density at radius 3 is 2.53 bits per heavy atom. The number of nitrogens with zero attached hydrogens (tertiary/aromatic N) is 1. The first kappa shape index (κ1) is 13.9. The van der Waals surface area contributed by atoms with E-state index in [2.05, 4.69) is 47.8 Å². The SMILES string of the molecule is CC(C)(C)c1ccccc1Oc1ncc(Br)cc1N. The Morgan fingerprint density at radius 1 is 1.21 bits per heavy atom. The molecule has 0 aliphatic rings. The van der Waals surface area contributed by atoms with Gasteiger partial charge in [-0.05, 0) is 33.5 Å². The van der Waals surface area contributed by atoms with Crippen molar-refractivity contribution in [3.8, 4) is 11.6 Å². The predicted octanol–water partition coefficient (Wildman–Crippen LogP) is 4.52. The Balaban J connectivity index is 2.39. The molecular weight excluding hydrogens is 304 g/mol. The number of para-hydroxylation sites is 1. The number of aromatic nitrogens is 1. The number of ether oxygens (including phenoxy) is 1. The van der Waals surface area contributed by atoms with Crippen LogP contribution in [0, 0.1) is 0 Å². The molecular formula is C15H17BrN2O. The highest BCUT2D eigenvalue weighted by molar-refractivity contribution is 9.10. The molecule has 0 unspecified atom stereocenters. The summed E-state index contributed by atoms with van der Waals surface area (Å²) in [6.45, 7) is 6.44. The molecule has 0 saturated heterocycles. The highest BCUT2D eigenvalue weighted by Crippen LogP contribution is 2.35. The van der Waals surface area contributed by atoms with Crippen LogP contribution in [0.2, 0.25) is 0 Å². The van der Waals surface area contributed by atoms with Gasteiger partial charge in [-0.3, -0.25) is 0 Å². The second kappa shape index (κ2) is 5.21. The van der Waals surface area contributed by atoms with Gasteiger partial charge in [0.05, 0.1) is 5.69 Å². The van der Waals surface area contributed by atoms with E-state index < -0.39 is 0 Å². The number of hydrogen-bond acceptors (Lipinski definition) is 3. The molecule has 19 heavy (non-hydrogen) atoms. The molecule has 0 amide bonds. The summed E-state index contributed by atoms with van der Waals surface area (Å²) in [7, 11) is 0. The minimum Gasteiger partial charge on any atom is -0.437 e. The largest absolute Gasteiger partial charge is 0.437 e. The molecule has 2 N–H and O–H groups in total. The minimum absolute atomic E-state index is 0.000713. The third-order valence-electron chi connectivity index (χ3n) is 2.75. The van der Waals surface area contributed by atoms with E-state index in [-0.39, 0.29) is 5.41 Å². The third-order valence-corrected chi connectivity index (χ3v) is 3.18. The maximum Gasteiger partial charge on any atom is 0.242 e. The van der Waals surface area contributed by atoms with Crippen LogP contribution in [0.1, 0.15) is 26.3 Å². The number of rotatable bonds is 2. The smallest absolute Gasteiger partial charge is 0.242 e. The Labute approximate surface area is 121 Å². The first-order valence-electron chi connectivity index (χ1n) is 6.06. The number of benzene rings is 1. The monoisotopic (exact) mass is 320 g/mol. The molecule has 4 heteroatoms. The lowest BCUT2D eigenvalue weighted by molar-refractivity contribution is 0.442. The lowest BCUT2D eigenvalue weighted by Gasteiger charge is -2.22. The number of nitrogen functional groups attached to an aromatic ring is 1. The van der Waals surface area contributed by atoms with Crippen molar-refractivity contribution in [2.24, 2.45) is 0 Å². The molecule has 100 valence electrons. The molecule has 0 aliphatic heterocycles. The van der Waals surface area contributed by atoms with E-state index >= 15 is 0 Å². The van der Waals surface area contributed by atoms with Crippen molar-refractivity contribution in [1.82, 2.24) is 4.98 Å². The zero-order chi connectivity index (χ0) is 14.0. The maximum atomic E-state index is 5.91. The van der Waals surface area contributed by atoms with Gasteiger partial charge < -0.3 is 10.5 Å². The fraction of sp³-hybridized carbons (Fsp3) is 0.267. The van der Waals surface area contributed by atoms with Gasteiger partial charge in [-0.2, -0.15) is 0 Å². The summed E-state index contributed by atoms with van der Waals surface area (Å²) in [6.07, 6.45) is 1.67. The second-order valence-corrected chi connectivity index (χ2v) is 6.31.